The number of fused-ring (bicyclic) bond motifs is 1. The maximum Gasteiger partial charge on any atom is 0.353 e. The fraction of sp³-hybridized carbons (Fsp3) is 0.476. The normalized spacial score (nSPS) is 22.1. The number of aromatic amines is 1. The Balaban J connectivity index is 1.27. The van der Waals surface area contributed by atoms with E-state index in [1.165, 1.54) is 39.8 Å². The number of allylic oxidation sites excluding steroid dienone is 1. The number of nitrogens with one attached hydrogen (secondary N) is 2. The first-order chi connectivity index (χ1) is 17.9. The lowest BCUT2D eigenvalue weighted by Crippen LogP contribution is -2.72. The first kappa shape index (κ1) is 25.5. The predicted molar refractivity (Wildman–Crippen MR) is 138 cm³/mol. The Hall–Kier alpha value is -3.11. The molecular weight excluding hydrogens is 540 g/mol. The number of rotatable bonds is 10. The van der Waals surface area contributed by atoms with Gasteiger partial charge >= 0.3 is 5.97 Å². The zero-order chi connectivity index (χ0) is 25.9. The van der Waals surface area contributed by atoms with E-state index in [1.807, 2.05) is 0 Å². The van der Waals surface area contributed by atoms with Crippen LogP contribution < -0.4 is 11.1 Å². The molecule has 5 N–H and O–H groups in total. The molecule has 0 spiro atoms. The number of amides is 2. The Morgan fingerprint density at radius 2 is 2.14 bits per heavy atom. The number of carboxylic acid groups (broad SMARTS) is 1. The average molecular weight is 565 g/mol. The summed E-state index contributed by atoms with van der Waals surface area (Å²) in [5, 5.41) is 29.9. The van der Waals surface area contributed by atoms with E-state index in [2.05, 4.69) is 30.9 Å². The lowest BCUT2D eigenvalue weighted by atomic mass is 9.86. The molecule has 0 radical (unpaired) electrons. The second-order valence-electron chi connectivity index (χ2n) is 8.58. The molecule has 0 aromatic carbocycles. The smallest absolute Gasteiger partial charge is 0.353 e. The number of thioether (sulfide) groups is 2. The Bertz CT molecular complexity index is 1240. The standard InChI is InChI=1S/C21H24N8O5S3/c22-21-24-11(8-35-21)15(27-34-10-3-1-2-4-10)18(30)25-16-12-5-6-13(17(20(32)33)29(12)19(16)31)36-9-37-14-7-23-28-26-14/h7-8,10,12,16H,1-6,9H2,(H2,22,24)(H,25,30)(H,32,33)(H,23,26,28)/b27-15-/t12-,16-/m0/s1. The minimum absolute atomic E-state index is 0.0387. The van der Waals surface area contributed by atoms with Crippen LogP contribution in [0.4, 0.5) is 5.13 Å². The van der Waals surface area contributed by atoms with Gasteiger partial charge < -0.3 is 21.0 Å². The minimum Gasteiger partial charge on any atom is -0.477 e. The van der Waals surface area contributed by atoms with Crippen molar-refractivity contribution in [1.29, 1.82) is 0 Å². The summed E-state index contributed by atoms with van der Waals surface area (Å²) in [7, 11) is 0. The summed E-state index contributed by atoms with van der Waals surface area (Å²) in [6.45, 7) is 0. The van der Waals surface area contributed by atoms with Crippen molar-refractivity contribution in [2.75, 3.05) is 10.8 Å². The maximum atomic E-state index is 13.2. The van der Waals surface area contributed by atoms with E-state index in [4.69, 9.17) is 10.6 Å². The highest BCUT2D eigenvalue weighted by molar-refractivity contribution is 8.17. The number of carboxylic acids is 1. The van der Waals surface area contributed by atoms with Crippen LogP contribution in [0.2, 0.25) is 0 Å². The molecule has 2 aromatic heterocycles. The Morgan fingerprint density at radius 3 is 2.81 bits per heavy atom. The van der Waals surface area contributed by atoms with E-state index in [1.54, 1.807) is 11.6 Å². The summed E-state index contributed by atoms with van der Waals surface area (Å²) < 4.78 is 0. The van der Waals surface area contributed by atoms with Gasteiger partial charge in [0.15, 0.2) is 10.8 Å². The van der Waals surface area contributed by atoms with Gasteiger partial charge in [0.25, 0.3) is 11.8 Å². The van der Waals surface area contributed by atoms with Gasteiger partial charge in [0.1, 0.15) is 28.6 Å². The fourth-order valence-corrected chi connectivity index (χ4v) is 7.18. The molecule has 2 amide bonds. The number of thiazole rings is 1. The highest BCUT2D eigenvalue weighted by atomic mass is 32.2. The van der Waals surface area contributed by atoms with E-state index in [0.29, 0.717) is 27.9 Å². The predicted octanol–water partition coefficient (Wildman–Crippen LogP) is 1.78. The molecule has 37 heavy (non-hydrogen) atoms. The summed E-state index contributed by atoms with van der Waals surface area (Å²) in [6.07, 6.45) is 6.36. The van der Waals surface area contributed by atoms with E-state index in [0.717, 1.165) is 25.7 Å². The number of oxime groups is 1. The van der Waals surface area contributed by atoms with Crippen molar-refractivity contribution < 1.29 is 24.3 Å². The van der Waals surface area contributed by atoms with Crippen molar-refractivity contribution in [1.82, 2.24) is 30.6 Å². The molecule has 4 heterocycles. The van der Waals surface area contributed by atoms with Gasteiger partial charge in [0, 0.05) is 10.3 Å². The molecule has 2 aromatic rings. The summed E-state index contributed by atoms with van der Waals surface area (Å²) in [5.74, 6) is -2.28. The number of aliphatic carboxylic acids is 1. The summed E-state index contributed by atoms with van der Waals surface area (Å²) in [4.78, 5) is 50.0. The number of nitrogens with zero attached hydrogens (tertiary/aromatic N) is 5. The van der Waals surface area contributed by atoms with Gasteiger partial charge in [-0.25, -0.2) is 9.78 Å². The summed E-state index contributed by atoms with van der Waals surface area (Å²) in [5.41, 5.74) is 5.92. The number of aromatic nitrogens is 4. The van der Waals surface area contributed by atoms with Crippen molar-refractivity contribution in [3.63, 3.8) is 0 Å². The molecule has 2 aliphatic heterocycles. The third kappa shape index (κ3) is 5.45. The van der Waals surface area contributed by atoms with Gasteiger partial charge in [-0.3, -0.25) is 19.6 Å². The molecule has 16 heteroatoms. The molecule has 5 rings (SSSR count). The average Bonchev–Trinajstić information content (AvgIpc) is 3.66. The first-order valence-electron chi connectivity index (χ1n) is 11.6. The van der Waals surface area contributed by atoms with Crippen LogP contribution in [-0.2, 0) is 19.2 Å². The summed E-state index contributed by atoms with van der Waals surface area (Å²) in [6, 6.07) is -1.34. The third-order valence-corrected chi connectivity index (χ3v) is 9.15. The number of carbonyl (C=O) groups is 3. The van der Waals surface area contributed by atoms with Crippen molar-refractivity contribution in [3.8, 4) is 0 Å². The molecule has 2 atom stereocenters. The van der Waals surface area contributed by atoms with E-state index in [-0.39, 0.29) is 28.3 Å². The zero-order valence-corrected chi connectivity index (χ0v) is 21.9. The fourth-order valence-electron chi connectivity index (χ4n) is 4.52. The van der Waals surface area contributed by atoms with E-state index in [9.17, 15) is 19.5 Å². The number of hydrogen-bond donors (Lipinski definition) is 4. The second kappa shape index (κ2) is 11.1. The molecule has 0 unspecified atom stereocenters. The molecule has 196 valence electrons. The molecule has 3 aliphatic rings. The van der Waals surface area contributed by atoms with Gasteiger partial charge in [-0.2, -0.15) is 0 Å². The van der Waals surface area contributed by atoms with Crippen LogP contribution in [0.25, 0.3) is 0 Å². The quantitative estimate of drug-likeness (QED) is 0.108. The molecule has 1 saturated heterocycles. The van der Waals surface area contributed by atoms with E-state index >= 15 is 0 Å². The van der Waals surface area contributed by atoms with Gasteiger partial charge in [-0.1, -0.05) is 22.1 Å². The number of nitrogens with two attached hydrogens (primary N) is 1. The molecule has 2 fully saturated rings. The van der Waals surface area contributed by atoms with Crippen LogP contribution in [0, 0.1) is 0 Å². The van der Waals surface area contributed by atoms with E-state index < -0.39 is 29.9 Å². The highest BCUT2D eigenvalue weighted by Gasteiger charge is 2.53. The topological polar surface area (TPSA) is 189 Å². The zero-order valence-electron chi connectivity index (χ0n) is 19.5. The van der Waals surface area contributed by atoms with Gasteiger partial charge in [-0.15, -0.1) is 28.2 Å². The van der Waals surface area contributed by atoms with Crippen molar-refractivity contribution in [2.45, 2.75) is 61.7 Å². The van der Waals surface area contributed by atoms with Crippen LogP contribution in [0.3, 0.4) is 0 Å². The number of hydrogen-bond acceptors (Lipinski definition) is 12. The largest absolute Gasteiger partial charge is 0.477 e. The third-order valence-electron chi connectivity index (χ3n) is 6.29. The molecule has 1 saturated carbocycles. The SMILES string of the molecule is Nc1nc(/C(=N/OC2CCCC2)C(=O)N[C@@H]2C(=O)N3C(C(=O)O)=C(SCSc4c[nH]nn4)CC[C@@H]23)cs1. The van der Waals surface area contributed by atoms with Crippen LogP contribution in [-0.4, -0.2) is 77.2 Å². The van der Waals surface area contributed by atoms with Gasteiger partial charge in [0.2, 0.25) is 0 Å². The van der Waals surface area contributed by atoms with Crippen LogP contribution in [0.15, 0.2) is 32.4 Å². The summed E-state index contributed by atoms with van der Waals surface area (Å²) >= 11 is 3.93. The first-order valence-corrected chi connectivity index (χ1v) is 14.4. The number of β-lactam (4-membered cyclic amide) rings is 1. The number of H-pyrrole nitrogens is 1. The molecule has 0 bridgehead atoms. The number of carbonyl (C=O) groups excluding carboxylic acids is 2. The van der Waals surface area contributed by atoms with Gasteiger partial charge in [0.05, 0.1) is 17.3 Å². The number of anilines is 1. The molecular formula is C21H24N8O5S3. The van der Waals surface area contributed by atoms with Crippen LogP contribution in [0.5, 0.6) is 0 Å². The maximum absolute atomic E-state index is 13.2. The monoisotopic (exact) mass is 564 g/mol. The van der Waals surface area contributed by atoms with Crippen molar-refractivity contribution >= 4 is 63.5 Å². The van der Waals surface area contributed by atoms with Crippen molar-refractivity contribution in [3.05, 3.63) is 27.9 Å². The van der Waals surface area contributed by atoms with Crippen LogP contribution in [0.1, 0.15) is 44.2 Å². The van der Waals surface area contributed by atoms with Crippen molar-refractivity contribution in [2.24, 2.45) is 5.16 Å². The second-order valence-corrected chi connectivity index (χ2v) is 11.9. The Morgan fingerprint density at radius 1 is 1.32 bits per heavy atom. The lowest BCUT2D eigenvalue weighted by molar-refractivity contribution is -0.155. The number of nitrogen functional groups attached to an aromatic ring is 1. The van der Waals surface area contributed by atoms with Crippen LogP contribution >= 0.6 is 34.9 Å². The Kier molecular flexibility index (Phi) is 7.66. The highest BCUT2D eigenvalue weighted by Crippen LogP contribution is 2.42. The Labute approximate surface area is 223 Å². The molecule has 1 aliphatic carbocycles. The van der Waals surface area contributed by atoms with Gasteiger partial charge in [-0.05, 0) is 38.5 Å². The lowest BCUT2D eigenvalue weighted by Gasteiger charge is -2.50. The minimum atomic E-state index is -1.18. The molecule has 13 nitrogen and oxygen atoms in total.